The van der Waals surface area contributed by atoms with Crippen LogP contribution in [0.2, 0.25) is 0 Å². The third-order valence-corrected chi connectivity index (χ3v) is 3.76. The third kappa shape index (κ3) is 2.12. The van der Waals surface area contributed by atoms with Gasteiger partial charge in [-0.05, 0) is 51.5 Å². The van der Waals surface area contributed by atoms with Gasteiger partial charge in [-0.15, -0.1) is 0 Å². The Morgan fingerprint density at radius 2 is 2.17 bits per heavy atom. The molecule has 0 aromatic carbocycles. The van der Waals surface area contributed by atoms with Crippen molar-refractivity contribution in [3.8, 4) is 0 Å². The largest absolute Gasteiger partial charge is 0.265 e. The Labute approximate surface area is 90.8 Å². The van der Waals surface area contributed by atoms with E-state index in [-0.39, 0.29) is 5.56 Å². The summed E-state index contributed by atoms with van der Waals surface area (Å²) in [6.07, 6.45) is -2.44. The van der Waals surface area contributed by atoms with Crippen molar-refractivity contribution >= 4 is 38.5 Å². The number of nitrogens with zero attached hydrogens (tertiary/aromatic N) is 1. The average Bonchev–Trinajstić information content (AvgIpc) is 1.96. The van der Waals surface area contributed by atoms with E-state index in [0.29, 0.717) is 13.9 Å². The van der Waals surface area contributed by atoms with Crippen LogP contribution in [0.1, 0.15) is 17.7 Å². The standard InChI is InChI=1S/C7H5BrF2IN/c1-3-2-4(7(9)10)5(11)6(8)12-3/h2,7H,1H3. The van der Waals surface area contributed by atoms with Crippen molar-refractivity contribution in [2.75, 3.05) is 0 Å². The summed E-state index contributed by atoms with van der Waals surface area (Å²) < 4.78 is 25.6. The zero-order valence-electron chi connectivity index (χ0n) is 6.11. The predicted molar refractivity (Wildman–Crippen MR) is 54.3 cm³/mol. The molecule has 0 unspecified atom stereocenters. The second-order valence-corrected chi connectivity index (χ2v) is 4.09. The van der Waals surface area contributed by atoms with E-state index in [1.54, 1.807) is 6.92 Å². The summed E-state index contributed by atoms with van der Waals surface area (Å²) in [7, 11) is 0. The van der Waals surface area contributed by atoms with Crippen LogP contribution >= 0.6 is 38.5 Å². The molecule has 1 aromatic heterocycles. The predicted octanol–water partition coefficient (Wildman–Crippen LogP) is 3.69. The molecule has 0 saturated heterocycles. The molecule has 5 heteroatoms. The summed E-state index contributed by atoms with van der Waals surface area (Å²) in [5.41, 5.74) is 0.632. The molecule has 0 amide bonds. The van der Waals surface area contributed by atoms with Gasteiger partial charge >= 0.3 is 0 Å². The van der Waals surface area contributed by atoms with E-state index < -0.39 is 6.43 Å². The van der Waals surface area contributed by atoms with E-state index in [4.69, 9.17) is 0 Å². The van der Waals surface area contributed by atoms with Crippen molar-refractivity contribution < 1.29 is 8.78 Å². The monoisotopic (exact) mass is 347 g/mol. The zero-order valence-corrected chi connectivity index (χ0v) is 9.86. The fraction of sp³-hybridized carbons (Fsp3) is 0.286. The highest BCUT2D eigenvalue weighted by Gasteiger charge is 2.14. The molecule has 0 radical (unpaired) electrons. The van der Waals surface area contributed by atoms with E-state index in [9.17, 15) is 8.78 Å². The Kier molecular flexibility index (Phi) is 3.39. The molecule has 0 aliphatic carbocycles. The fourth-order valence-electron chi connectivity index (χ4n) is 0.802. The molecule has 0 fully saturated rings. The molecular formula is C7H5BrF2IN. The minimum Gasteiger partial charge on any atom is -0.245 e. The topological polar surface area (TPSA) is 12.9 Å². The molecule has 1 nitrogen and oxygen atoms in total. The molecular weight excluding hydrogens is 343 g/mol. The molecule has 0 N–H and O–H groups in total. The highest BCUT2D eigenvalue weighted by Crippen LogP contribution is 2.29. The van der Waals surface area contributed by atoms with Crippen molar-refractivity contribution in [3.63, 3.8) is 0 Å². The first-order valence-corrected chi connectivity index (χ1v) is 5.00. The first-order valence-electron chi connectivity index (χ1n) is 3.13. The van der Waals surface area contributed by atoms with Crippen LogP contribution in [0.25, 0.3) is 0 Å². The second kappa shape index (κ2) is 3.95. The van der Waals surface area contributed by atoms with Gasteiger partial charge in [-0.1, -0.05) is 0 Å². The molecule has 1 aromatic rings. The average molecular weight is 348 g/mol. The maximum atomic E-state index is 12.3. The van der Waals surface area contributed by atoms with Crippen molar-refractivity contribution in [2.24, 2.45) is 0 Å². The number of aromatic nitrogens is 1. The molecule has 0 aliphatic heterocycles. The van der Waals surface area contributed by atoms with Crippen LogP contribution in [0, 0.1) is 10.5 Å². The summed E-state index contributed by atoms with van der Waals surface area (Å²) in [5, 5.41) is 0. The third-order valence-electron chi connectivity index (χ3n) is 1.31. The van der Waals surface area contributed by atoms with Crippen LogP contribution in [-0.2, 0) is 0 Å². The number of hydrogen-bond donors (Lipinski definition) is 0. The smallest absolute Gasteiger partial charge is 0.245 e. The molecule has 1 rings (SSSR count). The first-order chi connectivity index (χ1) is 5.52. The summed E-state index contributed by atoms with van der Waals surface area (Å²) in [6.45, 7) is 1.69. The second-order valence-electron chi connectivity index (χ2n) is 2.26. The molecule has 0 spiro atoms. The Hall–Kier alpha value is 0.220. The van der Waals surface area contributed by atoms with E-state index >= 15 is 0 Å². The van der Waals surface area contributed by atoms with Gasteiger partial charge in [0.1, 0.15) is 4.60 Å². The summed E-state index contributed by atoms with van der Waals surface area (Å²) >= 11 is 4.96. The van der Waals surface area contributed by atoms with Gasteiger partial charge in [0.25, 0.3) is 6.43 Å². The lowest BCUT2D eigenvalue weighted by Crippen LogP contribution is -1.95. The van der Waals surface area contributed by atoms with Gasteiger partial charge in [-0.2, -0.15) is 0 Å². The summed E-state index contributed by atoms with van der Waals surface area (Å²) in [5.74, 6) is 0. The normalized spacial score (nSPS) is 10.8. The van der Waals surface area contributed by atoms with Gasteiger partial charge in [-0.25, -0.2) is 13.8 Å². The van der Waals surface area contributed by atoms with Crippen molar-refractivity contribution in [2.45, 2.75) is 13.3 Å². The lowest BCUT2D eigenvalue weighted by molar-refractivity contribution is 0.150. The van der Waals surface area contributed by atoms with Crippen molar-refractivity contribution in [3.05, 3.63) is 25.5 Å². The van der Waals surface area contributed by atoms with Crippen molar-refractivity contribution in [1.82, 2.24) is 4.98 Å². The molecule has 0 saturated carbocycles. The van der Waals surface area contributed by atoms with Gasteiger partial charge in [-0.3, -0.25) is 0 Å². The van der Waals surface area contributed by atoms with Crippen LogP contribution in [-0.4, -0.2) is 4.98 Å². The highest BCUT2D eigenvalue weighted by molar-refractivity contribution is 14.1. The quantitative estimate of drug-likeness (QED) is 0.557. The first kappa shape index (κ1) is 10.3. The highest BCUT2D eigenvalue weighted by atomic mass is 127. The van der Waals surface area contributed by atoms with Crippen LogP contribution in [0.5, 0.6) is 0 Å². The van der Waals surface area contributed by atoms with Crippen LogP contribution in [0.3, 0.4) is 0 Å². The van der Waals surface area contributed by atoms with Crippen LogP contribution in [0.15, 0.2) is 10.7 Å². The van der Waals surface area contributed by atoms with Gasteiger partial charge < -0.3 is 0 Å². The molecule has 1 heterocycles. The van der Waals surface area contributed by atoms with E-state index in [0.717, 1.165) is 0 Å². The minimum absolute atomic E-state index is 0.0370. The minimum atomic E-state index is -2.44. The lowest BCUT2D eigenvalue weighted by Gasteiger charge is -2.05. The van der Waals surface area contributed by atoms with E-state index in [2.05, 4.69) is 20.9 Å². The lowest BCUT2D eigenvalue weighted by atomic mass is 10.2. The van der Waals surface area contributed by atoms with Crippen molar-refractivity contribution in [1.29, 1.82) is 0 Å². The molecule has 0 atom stereocenters. The van der Waals surface area contributed by atoms with Gasteiger partial charge in [0.15, 0.2) is 0 Å². The number of pyridine rings is 1. The van der Waals surface area contributed by atoms with Gasteiger partial charge in [0.05, 0.1) is 3.57 Å². The Bertz CT molecular complexity index is 304. The SMILES string of the molecule is Cc1cc(C(F)F)c(I)c(Br)n1. The fourth-order valence-corrected chi connectivity index (χ4v) is 1.82. The summed E-state index contributed by atoms with van der Waals surface area (Å²) in [4.78, 5) is 3.99. The molecule has 66 valence electrons. The van der Waals surface area contributed by atoms with E-state index in [1.165, 1.54) is 6.07 Å². The number of halogens is 4. The molecule has 12 heavy (non-hydrogen) atoms. The van der Waals surface area contributed by atoms with E-state index in [1.807, 2.05) is 22.6 Å². The Morgan fingerprint density at radius 1 is 1.58 bits per heavy atom. The number of aryl methyl sites for hydroxylation is 1. The number of rotatable bonds is 1. The number of hydrogen-bond acceptors (Lipinski definition) is 1. The van der Waals surface area contributed by atoms with Gasteiger partial charge in [0.2, 0.25) is 0 Å². The Balaban J connectivity index is 3.28. The molecule has 0 bridgehead atoms. The maximum absolute atomic E-state index is 12.3. The van der Waals surface area contributed by atoms with Crippen LogP contribution < -0.4 is 0 Å². The summed E-state index contributed by atoms with van der Waals surface area (Å²) in [6, 6.07) is 1.40. The number of alkyl halides is 2. The van der Waals surface area contributed by atoms with Gasteiger partial charge in [0, 0.05) is 11.3 Å². The maximum Gasteiger partial charge on any atom is 0.265 e. The zero-order chi connectivity index (χ0) is 9.30. The Morgan fingerprint density at radius 3 is 2.67 bits per heavy atom. The molecule has 0 aliphatic rings. The van der Waals surface area contributed by atoms with Crippen LogP contribution in [0.4, 0.5) is 8.78 Å².